The molecular formula is C11H14N2S. The Morgan fingerprint density at radius 2 is 1.57 bits per heavy atom. The highest BCUT2D eigenvalue weighted by Gasteiger charge is 1.95. The van der Waals surface area contributed by atoms with Crippen molar-refractivity contribution in [2.75, 3.05) is 0 Å². The Labute approximate surface area is 88.1 Å². The maximum Gasteiger partial charge on any atom is 0.105 e. The lowest BCUT2D eigenvalue weighted by atomic mass is 10.3. The van der Waals surface area contributed by atoms with Crippen LogP contribution < -0.4 is 0 Å². The molecule has 0 unspecified atom stereocenters. The highest BCUT2D eigenvalue weighted by molar-refractivity contribution is 7.12. The molecule has 0 N–H and O–H groups in total. The average Bonchev–Trinajstić information content (AvgIpc) is 2.92. The van der Waals surface area contributed by atoms with Gasteiger partial charge in [-0.2, -0.15) is 0 Å². The van der Waals surface area contributed by atoms with Gasteiger partial charge in [-0.05, 0) is 23.7 Å². The first-order chi connectivity index (χ1) is 6.97. The molecule has 2 nitrogen and oxygen atoms in total. The normalized spacial score (nSPS) is 15.1. The van der Waals surface area contributed by atoms with Gasteiger partial charge in [-0.1, -0.05) is 48.7 Å². The van der Waals surface area contributed by atoms with E-state index in [1.807, 2.05) is 24.3 Å². The summed E-state index contributed by atoms with van der Waals surface area (Å²) >= 11 is 1.43. The second-order valence-electron chi connectivity index (χ2n) is 3.51. The zero-order chi connectivity index (χ0) is 9.64. The van der Waals surface area contributed by atoms with Gasteiger partial charge in [-0.25, -0.2) is 0 Å². The van der Waals surface area contributed by atoms with E-state index in [0.717, 1.165) is 10.2 Å². The lowest BCUT2D eigenvalue weighted by Gasteiger charge is -1.78. The standard InChI is InChI=1S/C6H4N2S.C5H10/c1-2-4-6-5(3-1)7-8-9-6;1-2-4-5-3-1/h1-4H;1-5H2. The van der Waals surface area contributed by atoms with Crippen LogP contribution in [0, 0.1) is 0 Å². The summed E-state index contributed by atoms with van der Waals surface area (Å²) in [6.45, 7) is 0. The van der Waals surface area contributed by atoms with Gasteiger partial charge in [0.2, 0.25) is 0 Å². The molecular weight excluding hydrogens is 192 g/mol. The first-order valence-electron chi connectivity index (χ1n) is 5.14. The molecule has 74 valence electrons. The summed E-state index contributed by atoms with van der Waals surface area (Å²) in [5, 5.41) is 3.89. The van der Waals surface area contributed by atoms with Crippen LogP contribution >= 0.6 is 11.5 Å². The molecule has 1 aromatic carbocycles. The molecule has 1 fully saturated rings. The Morgan fingerprint density at radius 1 is 0.929 bits per heavy atom. The number of hydrogen-bond donors (Lipinski definition) is 0. The van der Waals surface area contributed by atoms with E-state index in [1.165, 1.54) is 43.6 Å². The molecule has 1 aliphatic rings. The summed E-state index contributed by atoms with van der Waals surface area (Å²) in [5.41, 5.74) is 0.988. The summed E-state index contributed by atoms with van der Waals surface area (Å²) in [6, 6.07) is 7.92. The van der Waals surface area contributed by atoms with Crippen LogP contribution in [0.3, 0.4) is 0 Å². The van der Waals surface area contributed by atoms with E-state index >= 15 is 0 Å². The van der Waals surface area contributed by atoms with Crippen LogP contribution in [-0.2, 0) is 0 Å². The second-order valence-corrected chi connectivity index (χ2v) is 4.29. The predicted molar refractivity (Wildman–Crippen MR) is 60.5 cm³/mol. The van der Waals surface area contributed by atoms with Crippen molar-refractivity contribution in [3.63, 3.8) is 0 Å². The summed E-state index contributed by atoms with van der Waals surface area (Å²) in [6.07, 6.45) is 7.50. The number of fused-ring (bicyclic) bond motifs is 1. The summed E-state index contributed by atoms with van der Waals surface area (Å²) in [7, 11) is 0. The van der Waals surface area contributed by atoms with Crippen molar-refractivity contribution in [2.24, 2.45) is 0 Å². The topological polar surface area (TPSA) is 25.8 Å². The van der Waals surface area contributed by atoms with Gasteiger partial charge < -0.3 is 0 Å². The maximum absolute atomic E-state index is 3.89. The van der Waals surface area contributed by atoms with Crippen molar-refractivity contribution < 1.29 is 0 Å². The molecule has 1 aliphatic carbocycles. The highest BCUT2D eigenvalue weighted by Crippen LogP contribution is 2.15. The minimum absolute atomic E-state index is 0.988. The van der Waals surface area contributed by atoms with Crippen molar-refractivity contribution in [3.8, 4) is 0 Å². The Kier molecular flexibility index (Phi) is 3.46. The van der Waals surface area contributed by atoms with Crippen molar-refractivity contribution in [2.45, 2.75) is 32.1 Å². The molecule has 0 bridgehead atoms. The van der Waals surface area contributed by atoms with Gasteiger partial charge in [0.1, 0.15) is 5.52 Å². The fourth-order valence-corrected chi connectivity index (χ4v) is 2.17. The molecule has 0 spiro atoms. The van der Waals surface area contributed by atoms with Crippen molar-refractivity contribution in [1.82, 2.24) is 9.59 Å². The van der Waals surface area contributed by atoms with Gasteiger partial charge in [0.15, 0.2) is 0 Å². The SMILES string of the molecule is C1CCCC1.c1ccc2snnc2c1. The summed E-state index contributed by atoms with van der Waals surface area (Å²) < 4.78 is 4.94. The molecule has 0 amide bonds. The van der Waals surface area contributed by atoms with Crippen LogP contribution in [0.2, 0.25) is 0 Å². The molecule has 0 radical (unpaired) electrons. The third-order valence-electron chi connectivity index (χ3n) is 2.40. The van der Waals surface area contributed by atoms with E-state index in [9.17, 15) is 0 Å². The lowest BCUT2D eigenvalue weighted by molar-refractivity contribution is 0.886. The quantitative estimate of drug-likeness (QED) is 0.657. The Bertz CT molecular complexity index is 342. The predicted octanol–water partition coefficient (Wildman–Crippen LogP) is 3.64. The minimum Gasteiger partial charge on any atom is -0.138 e. The number of benzene rings is 1. The van der Waals surface area contributed by atoms with Crippen LogP contribution in [0.15, 0.2) is 24.3 Å². The fourth-order valence-electron chi connectivity index (χ4n) is 1.61. The smallest absolute Gasteiger partial charge is 0.105 e. The Balaban J connectivity index is 0.000000128. The zero-order valence-electron chi connectivity index (χ0n) is 8.15. The van der Waals surface area contributed by atoms with Crippen molar-refractivity contribution in [3.05, 3.63) is 24.3 Å². The first-order valence-corrected chi connectivity index (χ1v) is 5.91. The van der Waals surface area contributed by atoms with Gasteiger partial charge >= 0.3 is 0 Å². The number of hydrogen-bond acceptors (Lipinski definition) is 3. The highest BCUT2D eigenvalue weighted by atomic mass is 32.1. The van der Waals surface area contributed by atoms with E-state index in [1.54, 1.807) is 0 Å². The molecule has 0 saturated heterocycles. The molecule has 3 heteroatoms. The van der Waals surface area contributed by atoms with E-state index in [-0.39, 0.29) is 0 Å². The van der Waals surface area contributed by atoms with Crippen molar-refractivity contribution in [1.29, 1.82) is 0 Å². The Hall–Kier alpha value is -0.960. The van der Waals surface area contributed by atoms with Gasteiger partial charge in [0, 0.05) is 0 Å². The largest absolute Gasteiger partial charge is 0.138 e. The number of aromatic nitrogens is 2. The molecule has 3 rings (SSSR count). The van der Waals surface area contributed by atoms with E-state index in [0.29, 0.717) is 0 Å². The number of rotatable bonds is 0. The lowest BCUT2D eigenvalue weighted by Crippen LogP contribution is -1.63. The van der Waals surface area contributed by atoms with Crippen LogP contribution in [0.25, 0.3) is 10.2 Å². The van der Waals surface area contributed by atoms with Gasteiger partial charge in [-0.3, -0.25) is 0 Å². The van der Waals surface area contributed by atoms with Crippen LogP contribution in [-0.4, -0.2) is 9.59 Å². The van der Waals surface area contributed by atoms with Crippen molar-refractivity contribution >= 4 is 21.7 Å². The van der Waals surface area contributed by atoms with Gasteiger partial charge in [0.25, 0.3) is 0 Å². The van der Waals surface area contributed by atoms with E-state index in [4.69, 9.17) is 0 Å². The monoisotopic (exact) mass is 206 g/mol. The zero-order valence-corrected chi connectivity index (χ0v) is 8.96. The third kappa shape index (κ3) is 2.51. The van der Waals surface area contributed by atoms with E-state index in [2.05, 4.69) is 9.59 Å². The molecule has 0 aliphatic heterocycles. The summed E-state index contributed by atoms with van der Waals surface area (Å²) in [5.74, 6) is 0. The van der Waals surface area contributed by atoms with Gasteiger partial charge in [0.05, 0.1) is 4.70 Å². The molecule has 1 aromatic heterocycles. The van der Waals surface area contributed by atoms with Gasteiger partial charge in [-0.15, -0.1) is 5.10 Å². The Morgan fingerprint density at radius 3 is 2.21 bits per heavy atom. The fraction of sp³-hybridized carbons (Fsp3) is 0.455. The molecule has 1 heterocycles. The molecule has 0 atom stereocenters. The second kappa shape index (κ2) is 5.05. The molecule has 1 saturated carbocycles. The minimum atomic E-state index is 0.988. The van der Waals surface area contributed by atoms with Crippen LogP contribution in [0.5, 0.6) is 0 Å². The number of nitrogens with zero attached hydrogens (tertiary/aromatic N) is 2. The maximum atomic E-state index is 3.89. The third-order valence-corrected chi connectivity index (χ3v) is 3.11. The first kappa shape index (κ1) is 9.59. The molecule has 2 aromatic rings. The molecule has 14 heavy (non-hydrogen) atoms. The summed E-state index contributed by atoms with van der Waals surface area (Å²) in [4.78, 5) is 0. The van der Waals surface area contributed by atoms with Crippen LogP contribution in [0.1, 0.15) is 32.1 Å². The van der Waals surface area contributed by atoms with Crippen LogP contribution in [0.4, 0.5) is 0 Å². The average molecular weight is 206 g/mol. The van der Waals surface area contributed by atoms with E-state index < -0.39 is 0 Å².